The molecule has 2 aromatic carbocycles. The van der Waals surface area contributed by atoms with Gasteiger partial charge in [-0.05, 0) is 41.7 Å². The van der Waals surface area contributed by atoms with Gasteiger partial charge in [0.25, 0.3) is 0 Å². The van der Waals surface area contributed by atoms with Crippen molar-refractivity contribution in [1.82, 2.24) is 0 Å². The van der Waals surface area contributed by atoms with Crippen LogP contribution in [-0.4, -0.2) is 5.78 Å². The van der Waals surface area contributed by atoms with Crippen molar-refractivity contribution >= 4 is 5.78 Å². The largest absolute Gasteiger partial charge is 0.488 e. The number of fused-ring (bicyclic) bond motifs is 2. The van der Waals surface area contributed by atoms with E-state index in [-0.39, 0.29) is 5.78 Å². The maximum Gasteiger partial charge on any atom is 0.170 e. The number of ether oxygens (including phenoxy) is 1. The van der Waals surface area contributed by atoms with Crippen LogP contribution >= 0.6 is 0 Å². The summed E-state index contributed by atoms with van der Waals surface area (Å²) in [6.45, 7) is 6.84. The molecule has 2 aromatic rings. The molecule has 0 aromatic heterocycles. The molecule has 0 atom stereocenters. The van der Waals surface area contributed by atoms with Crippen molar-refractivity contribution in [2.45, 2.75) is 39.7 Å². The molecule has 21 heavy (non-hydrogen) atoms. The van der Waals surface area contributed by atoms with Gasteiger partial charge < -0.3 is 4.74 Å². The summed E-state index contributed by atoms with van der Waals surface area (Å²) in [5, 5.41) is 0. The Morgan fingerprint density at radius 2 is 1.86 bits per heavy atom. The Balaban J connectivity index is 2.03. The Labute approximate surface area is 125 Å². The van der Waals surface area contributed by atoms with Crippen LogP contribution in [0.25, 0.3) is 0 Å². The number of ketones is 1. The predicted octanol–water partition coefficient (Wildman–Crippen LogP) is 4.44. The Hall–Kier alpha value is -2.09. The maximum atomic E-state index is 12.6. The molecule has 0 fully saturated rings. The van der Waals surface area contributed by atoms with Gasteiger partial charge in [-0.3, -0.25) is 4.79 Å². The fourth-order valence-electron chi connectivity index (χ4n) is 2.73. The number of Topliss-reactive ketones (excluding diaryl/α,β-unsaturated/α-hetero) is 1. The lowest BCUT2D eigenvalue weighted by atomic mass is 9.93. The number of carbonyl (C=O) groups is 1. The van der Waals surface area contributed by atoms with Gasteiger partial charge >= 0.3 is 0 Å². The third-order valence-corrected chi connectivity index (χ3v) is 4.07. The van der Waals surface area contributed by atoms with E-state index in [2.05, 4.69) is 45.0 Å². The molecule has 1 heterocycles. The van der Waals surface area contributed by atoms with Gasteiger partial charge in [0.05, 0.1) is 5.56 Å². The SMILES string of the molecule is Cc1ccc2c(c1)CC(=O)c1cc(C(C)C)ccc1OC2. The van der Waals surface area contributed by atoms with Crippen LogP contribution in [0.2, 0.25) is 0 Å². The minimum Gasteiger partial charge on any atom is -0.488 e. The molecular formula is C19H20O2. The molecular weight excluding hydrogens is 260 g/mol. The number of carbonyl (C=O) groups excluding carboxylic acids is 1. The van der Waals surface area contributed by atoms with E-state index >= 15 is 0 Å². The van der Waals surface area contributed by atoms with Gasteiger partial charge in [-0.25, -0.2) is 0 Å². The fourth-order valence-corrected chi connectivity index (χ4v) is 2.73. The molecule has 0 aliphatic carbocycles. The van der Waals surface area contributed by atoms with Gasteiger partial charge in [0, 0.05) is 6.42 Å². The van der Waals surface area contributed by atoms with Crippen molar-refractivity contribution in [2.24, 2.45) is 0 Å². The number of rotatable bonds is 1. The zero-order valence-electron chi connectivity index (χ0n) is 12.8. The van der Waals surface area contributed by atoms with E-state index in [1.807, 2.05) is 12.1 Å². The van der Waals surface area contributed by atoms with E-state index in [0.29, 0.717) is 30.3 Å². The van der Waals surface area contributed by atoms with Crippen molar-refractivity contribution < 1.29 is 9.53 Å². The second-order valence-corrected chi connectivity index (χ2v) is 6.07. The highest BCUT2D eigenvalue weighted by molar-refractivity contribution is 6.00. The Bertz CT molecular complexity index is 699. The molecule has 1 aliphatic heterocycles. The van der Waals surface area contributed by atoms with Crippen molar-refractivity contribution in [3.05, 3.63) is 64.2 Å². The van der Waals surface area contributed by atoms with Crippen molar-refractivity contribution in [1.29, 1.82) is 0 Å². The minimum atomic E-state index is 0.138. The molecule has 0 spiro atoms. The van der Waals surface area contributed by atoms with E-state index in [1.54, 1.807) is 0 Å². The molecule has 3 rings (SSSR count). The van der Waals surface area contributed by atoms with Crippen LogP contribution in [0.1, 0.15) is 52.4 Å². The first-order valence-corrected chi connectivity index (χ1v) is 7.43. The topological polar surface area (TPSA) is 26.3 Å². The lowest BCUT2D eigenvalue weighted by Gasteiger charge is -2.19. The maximum absolute atomic E-state index is 12.6. The highest BCUT2D eigenvalue weighted by atomic mass is 16.5. The van der Waals surface area contributed by atoms with Crippen LogP contribution in [0.5, 0.6) is 5.75 Å². The zero-order chi connectivity index (χ0) is 15.0. The van der Waals surface area contributed by atoms with Crippen LogP contribution in [0.4, 0.5) is 0 Å². The summed E-state index contributed by atoms with van der Waals surface area (Å²) >= 11 is 0. The molecule has 108 valence electrons. The number of hydrogen-bond acceptors (Lipinski definition) is 2. The molecule has 1 aliphatic rings. The van der Waals surface area contributed by atoms with Gasteiger partial charge in [0.2, 0.25) is 0 Å². The normalized spacial score (nSPS) is 14.0. The van der Waals surface area contributed by atoms with E-state index < -0.39 is 0 Å². The van der Waals surface area contributed by atoms with Crippen molar-refractivity contribution in [2.75, 3.05) is 0 Å². The lowest BCUT2D eigenvalue weighted by Crippen LogP contribution is -2.14. The molecule has 0 saturated heterocycles. The van der Waals surface area contributed by atoms with Crippen molar-refractivity contribution in [3.63, 3.8) is 0 Å². The standard InChI is InChI=1S/C19H20O2/c1-12(2)14-6-7-19-17(9-14)18(20)10-16-8-13(3)4-5-15(16)11-21-19/h4-9,12H,10-11H2,1-3H3. The molecule has 2 heteroatoms. The average Bonchev–Trinajstić information content (AvgIpc) is 2.44. The summed E-state index contributed by atoms with van der Waals surface area (Å²) < 4.78 is 5.88. The summed E-state index contributed by atoms with van der Waals surface area (Å²) in [7, 11) is 0. The van der Waals surface area contributed by atoms with E-state index in [1.165, 1.54) is 11.1 Å². The Morgan fingerprint density at radius 1 is 1.05 bits per heavy atom. The fraction of sp³-hybridized carbons (Fsp3) is 0.316. The smallest absolute Gasteiger partial charge is 0.170 e. The van der Waals surface area contributed by atoms with Gasteiger partial charge in [-0.2, -0.15) is 0 Å². The first-order chi connectivity index (χ1) is 10.0. The summed E-state index contributed by atoms with van der Waals surface area (Å²) in [5.74, 6) is 1.25. The lowest BCUT2D eigenvalue weighted by molar-refractivity contribution is 0.0985. The third-order valence-electron chi connectivity index (χ3n) is 4.07. The molecule has 0 amide bonds. The summed E-state index contributed by atoms with van der Waals surface area (Å²) in [4.78, 5) is 12.6. The molecule has 0 N–H and O–H groups in total. The summed E-state index contributed by atoms with van der Waals surface area (Å²) in [6.07, 6.45) is 0.453. The van der Waals surface area contributed by atoms with Crippen LogP contribution in [0.15, 0.2) is 36.4 Å². The summed E-state index contributed by atoms with van der Waals surface area (Å²) in [6, 6.07) is 12.2. The predicted molar refractivity (Wildman–Crippen MR) is 84.1 cm³/mol. The van der Waals surface area contributed by atoms with Crippen LogP contribution in [-0.2, 0) is 13.0 Å². The Morgan fingerprint density at radius 3 is 2.62 bits per heavy atom. The van der Waals surface area contributed by atoms with Crippen LogP contribution in [0, 0.1) is 6.92 Å². The monoisotopic (exact) mass is 280 g/mol. The highest BCUT2D eigenvalue weighted by Gasteiger charge is 2.20. The second-order valence-electron chi connectivity index (χ2n) is 6.07. The highest BCUT2D eigenvalue weighted by Crippen LogP contribution is 2.29. The van der Waals surface area contributed by atoms with E-state index in [4.69, 9.17) is 4.74 Å². The quantitative estimate of drug-likeness (QED) is 0.772. The average molecular weight is 280 g/mol. The molecule has 2 nitrogen and oxygen atoms in total. The first-order valence-electron chi connectivity index (χ1n) is 7.43. The minimum absolute atomic E-state index is 0.138. The van der Waals surface area contributed by atoms with Gasteiger partial charge in [-0.1, -0.05) is 43.7 Å². The second kappa shape index (κ2) is 5.36. The van der Waals surface area contributed by atoms with E-state index in [9.17, 15) is 4.79 Å². The van der Waals surface area contributed by atoms with Crippen LogP contribution in [0.3, 0.4) is 0 Å². The van der Waals surface area contributed by atoms with Crippen LogP contribution < -0.4 is 4.74 Å². The molecule has 0 saturated carbocycles. The zero-order valence-corrected chi connectivity index (χ0v) is 12.8. The first kappa shape index (κ1) is 13.9. The molecule has 0 unspecified atom stereocenters. The number of hydrogen-bond donors (Lipinski definition) is 0. The van der Waals surface area contributed by atoms with Gasteiger partial charge in [-0.15, -0.1) is 0 Å². The third kappa shape index (κ3) is 2.71. The number of benzene rings is 2. The van der Waals surface area contributed by atoms with Gasteiger partial charge in [0.1, 0.15) is 12.4 Å². The molecule has 0 bridgehead atoms. The Kier molecular flexibility index (Phi) is 3.54. The van der Waals surface area contributed by atoms with Crippen molar-refractivity contribution in [3.8, 4) is 5.75 Å². The molecule has 0 radical (unpaired) electrons. The summed E-state index contributed by atoms with van der Waals surface area (Å²) in [5.41, 5.74) is 5.26. The van der Waals surface area contributed by atoms with Gasteiger partial charge in [0.15, 0.2) is 5.78 Å². The number of aryl methyl sites for hydroxylation is 1. The van der Waals surface area contributed by atoms with E-state index in [0.717, 1.165) is 11.1 Å².